The zero-order chi connectivity index (χ0) is 38.0. The zero-order valence-electron chi connectivity index (χ0n) is 30.2. The second-order valence-corrected chi connectivity index (χ2v) is 16.9. The van der Waals surface area contributed by atoms with Gasteiger partial charge >= 0.3 is 19.5 Å². The smallest absolute Gasteiger partial charge is 0.405 e. The summed E-state index contributed by atoms with van der Waals surface area (Å²) in [7, 11) is -4.13. The van der Waals surface area contributed by atoms with Crippen molar-refractivity contribution >= 4 is 47.9 Å². The number of carbonyl (C=O) groups excluding carboxylic acids is 2. The first-order valence-electron chi connectivity index (χ1n) is 17.4. The van der Waals surface area contributed by atoms with Gasteiger partial charge in [-0.3, -0.25) is 9.32 Å². The van der Waals surface area contributed by atoms with Crippen LogP contribution in [0.3, 0.4) is 0 Å². The number of anilines is 1. The Morgan fingerprint density at radius 3 is 2.53 bits per heavy atom. The number of nitrogens with zero attached hydrogens (tertiary/aromatic N) is 3. The van der Waals surface area contributed by atoms with Crippen molar-refractivity contribution in [1.29, 1.82) is 5.26 Å². The molecule has 2 aromatic heterocycles. The number of halogens is 1. The van der Waals surface area contributed by atoms with Crippen LogP contribution in [0.1, 0.15) is 72.1 Å². The van der Waals surface area contributed by atoms with Crippen LogP contribution in [0.2, 0.25) is 5.15 Å². The molecule has 53 heavy (non-hydrogen) atoms. The summed E-state index contributed by atoms with van der Waals surface area (Å²) in [5.74, 6) is -2.22. The summed E-state index contributed by atoms with van der Waals surface area (Å²) in [6.45, 7) is 7.07. The SMILES string of the molecule is CC1(C)O[C@@H]2[C@H](O1)[C@@H](COCP(=O)(OCC(=O)OCOC(=O)C(C)(C)C)Oc1ccccc1)O[C@H]2n1ccc2c(NC3CCCC3)c(C#N)c(Cl)nc21. The van der Waals surface area contributed by atoms with Gasteiger partial charge in [-0.25, -0.2) is 14.3 Å². The number of para-hydroxylation sites is 1. The normalized spacial score (nSPS) is 23.6. The Kier molecular flexibility index (Phi) is 11.7. The lowest BCUT2D eigenvalue weighted by molar-refractivity contribution is -0.201. The molecule has 2 saturated heterocycles. The summed E-state index contributed by atoms with van der Waals surface area (Å²) < 4.78 is 61.8. The fourth-order valence-electron chi connectivity index (χ4n) is 6.46. The van der Waals surface area contributed by atoms with E-state index in [0.717, 1.165) is 31.1 Å². The molecule has 1 aliphatic carbocycles. The van der Waals surface area contributed by atoms with Gasteiger partial charge in [-0.15, -0.1) is 0 Å². The summed E-state index contributed by atoms with van der Waals surface area (Å²) in [6.07, 6.45) is 2.85. The first kappa shape index (κ1) is 39.0. The van der Waals surface area contributed by atoms with Crippen LogP contribution in [0.5, 0.6) is 5.75 Å². The molecule has 0 amide bonds. The molecule has 0 radical (unpaired) electrons. The van der Waals surface area contributed by atoms with Crippen molar-refractivity contribution in [2.45, 2.75) is 96.7 Å². The van der Waals surface area contributed by atoms with Crippen LogP contribution in [-0.2, 0) is 47.1 Å². The number of fused-ring (bicyclic) bond motifs is 2. The molecule has 6 rings (SSSR count). The number of nitriles is 1. The third kappa shape index (κ3) is 9.15. The van der Waals surface area contributed by atoms with Gasteiger partial charge in [0.25, 0.3) is 0 Å². The van der Waals surface area contributed by atoms with Gasteiger partial charge < -0.3 is 42.8 Å². The van der Waals surface area contributed by atoms with E-state index in [-0.39, 0.29) is 29.1 Å². The highest BCUT2D eigenvalue weighted by Crippen LogP contribution is 2.49. The number of carbonyl (C=O) groups is 2. The lowest BCUT2D eigenvalue weighted by Crippen LogP contribution is -2.33. The predicted molar refractivity (Wildman–Crippen MR) is 191 cm³/mol. The molecule has 5 atom stereocenters. The fourth-order valence-corrected chi connectivity index (χ4v) is 7.93. The molecule has 0 spiro atoms. The Balaban J connectivity index is 1.16. The van der Waals surface area contributed by atoms with E-state index >= 15 is 0 Å². The van der Waals surface area contributed by atoms with Gasteiger partial charge in [-0.2, -0.15) is 5.26 Å². The Labute approximate surface area is 312 Å². The van der Waals surface area contributed by atoms with E-state index in [9.17, 15) is 19.4 Å². The van der Waals surface area contributed by atoms with Crippen LogP contribution in [0.25, 0.3) is 11.0 Å². The molecule has 1 saturated carbocycles. The van der Waals surface area contributed by atoms with Crippen molar-refractivity contribution in [2.75, 3.05) is 31.7 Å². The first-order chi connectivity index (χ1) is 25.2. The summed E-state index contributed by atoms with van der Waals surface area (Å²) in [6, 6.07) is 12.6. The molecule has 0 bridgehead atoms. The number of hydrogen-bond donors (Lipinski definition) is 1. The third-order valence-corrected chi connectivity index (χ3v) is 10.7. The van der Waals surface area contributed by atoms with E-state index < -0.39 is 75.0 Å². The third-order valence-electron chi connectivity index (χ3n) is 8.95. The van der Waals surface area contributed by atoms with Gasteiger partial charge in [0.1, 0.15) is 41.3 Å². The number of nitrogens with one attached hydrogen (secondary N) is 1. The maximum absolute atomic E-state index is 13.9. The van der Waals surface area contributed by atoms with Gasteiger partial charge in [0.05, 0.1) is 17.7 Å². The van der Waals surface area contributed by atoms with E-state index in [0.29, 0.717) is 11.3 Å². The van der Waals surface area contributed by atoms with Crippen LogP contribution < -0.4 is 9.84 Å². The molecular weight excluding hydrogens is 731 g/mol. The van der Waals surface area contributed by atoms with E-state index in [2.05, 4.69) is 16.4 Å². The largest absolute Gasteiger partial charge is 0.427 e. The summed E-state index contributed by atoms with van der Waals surface area (Å²) in [5, 5.41) is 14.3. The number of esters is 2. The van der Waals surface area contributed by atoms with Crippen molar-refractivity contribution in [3.63, 3.8) is 0 Å². The molecule has 15 nitrogen and oxygen atoms in total. The average Bonchev–Trinajstić information content (AvgIpc) is 3.89. The lowest BCUT2D eigenvalue weighted by atomic mass is 9.98. The molecule has 286 valence electrons. The maximum atomic E-state index is 13.9. The van der Waals surface area contributed by atoms with Crippen molar-refractivity contribution in [1.82, 2.24) is 9.55 Å². The van der Waals surface area contributed by atoms with E-state index in [1.54, 1.807) is 65.0 Å². The highest BCUT2D eigenvalue weighted by Gasteiger charge is 2.56. The number of pyridine rings is 1. The van der Waals surface area contributed by atoms with Crippen molar-refractivity contribution in [3.05, 3.63) is 53.3 Å². The van der Waals surface area contributed by atoms with Crippen LogP contribution in [-0.4, -0.2) is 78.0 Å². The zero-order valence-corrected chi connectivity index (χ0v) is 31.9. The molecular formula is C36H44ClN4O11P. The molecule has 3 fully saturated rings. The Morgan fingerprint density at radius 1 is 1.11 bits per heavy atom. The second-order valence-electron chi connectivity index (χ2n) is 14.6. The molecule has 4 heterocycles. The predicted octanol–water partition coefficient (Wildman–Crippen LogP) is 6.69. The summed E-state index contributed by atoms with van der Waals surface area (Å²) in [4.78, 5) is 29.0. The van der Waals surface area contributed by atoms with Crippen LogP contribution in [0.4, 0.5) is 5.69 Å². The molecule has 1 N–H and O–H groups in total. The van der Waals surface area contributed by atoms with E-state index in [4.69, 9.17) is 49.1 Å². The second kappa shape index (κ2) is 15.9. The first-order valence-corrected chi connectivity index (χ1v) is 19.5. The number of rotatable bonds is 14. The number of hydrogen-bond acceptors (Lipinski definition) is 14. The van der Waals surface area contributed by atoms with E-state index in [1.165, 1.54) is 0 Å². The molecule has 1 aromatic carbocycles. The minimum absolute atomic E-state index is 0.0720. The van der Waals surface area contributed by atoms with Crippen LogP contribution in [0.15, 0.2) is 42.6 Å². The van der Waals surface area contributed by atoms with Crippen molar-refractivity contribution < 1.29 is 51.6 Å². The minimum atomic E-state index is -4.13. The molecule has 2 aliphatic heterocycles. The average molecular weight is 775 g/mol. The van der Waals surface area contributed by atoms with Gasteiger partial charge in [-0.1, -0.05) is 42.6 Å². The van der Waals surface area contributed by atoms with Gasteiger partial charge in [-0.05, 0) is 65.7 Å². The highest BCUT2D eigenvalue weighted by atomic mass is 35.5. The monoisotopic (exact) mass is 774 g/mol. The topological polar surface area (TPSA) is 179 Å². The van der Waals surface area contributed by atoms with Crippen molar-refractivity contribution in [2.24, 2.45) is 5.41 Å². The number of aromatic nitrogens is 2. The molecule has 17 heteroatoms. The van der Waals surface area contributed by atoms with Gasteiger partial charge in [0, 0.05) is 17.6 Å². The quantitative estimate of drug-likeness (QED) is 0.0793. The fraction of sp³-hybridized carbons (Fsp3) is 0.556. The lowest BCUT2D eigenvalue weighted by Gasteiger charge is -2.25. The number of ether oxygens (including phenoxy) is 6. The minimum Gasteiger partial charge on any atom is -0.427 e. The summed E-state index contributed by atoms with van der Waals surface area (Å²) >= 11 is 6.58. The van der Waals surface area contributed by atoms with Crippen molar-refractivity contribution in [3.8, 4) is 11.8 Å². The molecule has 3 aliphatic rings. The maximum Gasteiger partial charge on any atom is 0.405 e. The van der Waals surface area contributed by atoms with Crippen LogP contribution in [0, 0.1) is 16.7 Å². The Hall–Kier alpha value is -3.74. The highest BCUT2D eigenvalue weighted by molar-refractivity contribution is 7.54. The molecule has 1 unspecified atom stereocenters. The number of benzene rings is 1. The van der Waals surface area contributed by atoms with E-state index in [1.807, 2.05) is 16.8 Å². The Bertz CT molecular complexity index is 1890. The molecule has 3 aromatic rings. The van der Waals surface area contributed by atoms with Crippen LogP contribution >= 0.6 is 19.2 Å². The Morgan fingerprint density at radius 2 is 1.83 bits per heavy atom. The summed E-state index contributed by atoms with van der Waals surface area (Å²) in [5.41, 5.74) is 0.632. The van der Waals surface area contributed by atoms with Gasteiger partial charge in [0.2, 0.25) is 6.79 Å². The standard InChI is InChI=1S/C36H44ClN4O11P/c1-35(2,3)34(43)47-20-46-27(42)19-48-53(44,52-23-13-7-6-8-14-23)21-45-18-26-29-30(51-36(4,5)50-29)33(49-26)41-16-15-24-28(39-22-11-9-10-12-22)25(17-38)31(37)40-32(24)41/h6-8,13-16,22,26,29-30,33H,9-12,18-21H2,1-5H3,(H,39,40)/t26-,29-,30-,33-,53?/m1/s1. The van der Waals surface area contributed by atoms with Gasteiger partial charge in [0.15, 0.2) is 30.1 Å².